The first-order valence-corrected chi connectivity index (χ1v) is 23.7. The molecule has 1 aromatic heterocycles. The molecule has 13 rings (SSSR count). The Labute approximate surface area is 390 Å². The Morgan fingerprint density at radius 2 is 0.727 bits per heavy atom. The van der Waals surface area contributed by atoms with E-state index in [9.17, 15) is 0 Å². The van der Waals surface area contributed by atoms with Crippen LogP contribution in [0.3, 0.4) is 0 Å². The summed E-state index contributed by atoms with van der Waals surface area (Å²) < 4.78 is 1.31. The number of rotatable bonds is 8. The maximum Gasteiger partial charge on any atom is 0.0714 e. The highest BCUT2D eigenvalue weighted by Gasteiger charge is 2.49. The third-order valence-corrected chi connectivity index (χ3v) is 15.2. The fourth-order valence-corrected chi connectivity index (χ4v) is 12.4. The van der Waals surface area contributed by atoms with Crippen LogP contribution in [0.2, 0.25) is 0 Å². The van der Waals surface area contributed by atoms with E-state index < -0.39 is 10.8 Å². The molecule has 2 aliphatic rings. The first-order chi connectivity index (χ1) is 32.8. The summed E-state index contributed by atoms with van der Waals surface area (Å²) in [5.41, 5.74) is 19.8. The van der Waals surface area contributed by atoms with E-state index in [1.807, 2.05) is 0 Å². The van der Waals surface area contributed by atoms with Gasteiger partial charge in [-0.05, 0) is 120 Å². The van der Waals surface area contributed by atoms with Crippen LogP contribution in [0.25, 0.3) is 43.5 Å². The molecule has 1 heterocycles. The summed E-state index contributed by atoms with van der Waals surface area (Å²) in [6.07, 6.45) is 0. The number of hydrogen-bond donors (Lipinski definition) is 0. The number of nitrogens with zero attached hydrogens (tertiary/aromatic N) is 1. The highest BCUT2D eigenvalue weighted by molar-refractivity contribution is 7.17. The molecule has 11 aromatic rings. The molecule has 0 atom stereocenters. The van der Waals surface area contributed by atoms with Gasteiger partial charge < -0.3 is 4.90 Å². The van der Waals surface area contributed by atoms with Crippen molar-refractivity contribution >= 4 is 38.5 Å². The molecular formula is C64H43NS. The van der Waals surface area contributed by atoms with Crippen molar-refractivity contribution in [2.24, 2.45) is 0 Å². The van der Waals surface area contributed by atoms with Crippen molar-refractivity contribution in [3.05, 3.63) is 305 Å². The molecule has 66 heavy (non-hydrogen) atoms. The smallest absolute Gasteiger partial charge is 0.0714 e. The van der Waals surface area contributed by atoms with Gasteiger partial charge in [0.25, 0.3) is 0 Å². The Balaban J connectivity index is 1.12. The molecule has 1 nitrogen and oxygen atoms in total. The first kappa shape index (κ1) is 38.4. The molecule has 2 heteroatoms. The third-order valence-electron chi connectivity index (χ3n) is 14.3. The summed E-state index contributed by atoms with van der Waals surface area (Å²) in [5.74, 6) is 0. The van der Waals surface area contributed by atoms with E-state index in [-0.39, 0.29) is 0 Å². The number of anilines is 3. The number of thiophene rings is 1. The molecule has 0 N–H and O–H groups in total. The molecular weight excluding hydrogens is 815 g/mol. The van der Waals surface area contributed by atoms with Crippen molar-refractivity contribution < 1.29 is 0 Å². The Hall–Kier alpha value is -8.04. The molecule has 2 aliphatic carbocycles. The van der Waals surface area contributed by atoms with Crippen molar-refractivity contribution in [3.63, 3.8) is 0 Å². The lowest BCUT2D eigenvalue weighted by Crippen LogP contribution is -2.28. The van der Waals surface area contributed by atoms with Gasteiger partial charge in [-0.3, -0.25) is 0 Å². The van der Waals surface area contributed by atoms with E-state index in [1.54, 1.807) is 11.3 Å². The van der Waals surface area contributed by atoms with Gasteiger partial charge in [-0.2, -0.15) is 0 Å². The summed E-state index contributed by atoms with van der Waals surface area (Å²) in [6, 6.07) is 95.0. The maximum atomic E-state index is 2.56. The van der Waals surface area contributed by atoms with Crippen LogP contribution in [-0.2, 0) is 10.8 Å². The lowest BCUT2D eigenvalue weighted by Gasteiger charge is -2.35. The van der Waals surface area contributed by atoms with Crippen molar-refractivity contribution in [1.82, 2.24) is 0 Å². The average Bonchev–Trinajstić information content (AvgIpc) is 4.09. The van der Waals surface area contributed by atoms with Gasteiger partial charge in [0.15, 0.2) is 0 Å². The molecule has 0 saturated heterocycles. The van der Waals surface area contributed by atoms with E-state index in [0.717, 1.165) is 17.1 Å². The van der Waals surface area contributed by atoms with Crippen LogP contribution in [0.4, 0.5) is 17.1 Å². The minimum atomic E-state index is -0.540. The molecule has 0 bridgehead atoms. The Morgan fingerprint density at radius 3 is 1.20 bits per heavy atom. The monoisotopic (exact) mass is 857 g/mol. The van der Waals surface area contributed by atoms with Crippen molar-refractivity contribution in [2.45, 2.75) is 10.8 Å². The highest BCUT2D eigenvalue weighted by Crippen LogP contribution is 2.63. The summed E-state index contributed by atoms with van der Waals surface area (Å²) >= 11 is 1.79. The van der Waals surface area contributed by atoms with Crippen LogP contribution >= 0.6 is 11.3 Å². The quantitative estimate of drug-likeness (QED) is 0.147. The molecule has 0 unspecified atom stereocenters. The van der Waals surface area contributed by atoms with Gasteiger partial charge in [0.1, 0.15) is 0 Å². The zero-order chi connectivity index (χ0) is 43.7. The Bertz CT molecular complexity index is 3310. The van der Waals surface area contributed by atoms with Crippen molar-refractivity contribution in [1.29, 1.82) is 0 Å². The minimum absolute atomic E-state index is 0.540. The molecule has 0 saturated carbocycles. The largest absolute Gasteiger partial charge is 0.309 e. The third kappa shape index (κ3) is 5.52. The first-order valence-electron chi connectivity index (χ1n) is 22.8. The van der Waals surface area contributed by atoms with Crippen molar-refractivity contribution in [2.75, 3.05) is 4.90 Å². The lowest BCUT2D eigenvalue weighted by atomic mass is 9.67. The number of hydrogen-bond acceptors (Lipinski definition) is 2. The lowest BCUT2D eigenvalue weighted by molar-refractivity contribution is 0.768. The normalized spacial score (nSPS) is 13.7. The van der Waals surface area contributed by atoms with Crippen LogP contribution in [-0.4, -0.2) is 0 Å². The van der Waals surface area contributed by atoms with Crippen LogP contribution < -0.4 is 4.90 Å². The van der Waals surface area contributed by atoms with Crippen molar-refractivity contribution in [3.8, 4) is 33.4 Å². The van der Waals surface area contributed by atoms with Gasteiger partial charge >= 0.3 is 0 Å². The fraction of sp³-hybridized carbons (Fsp3) is 0.0312. The molecule has 0 spiro atoms. The topological polar surface area (TPSA) is 3.24 Å². The second-order valence-corrected chi connectivity index (χ2v) is 18.5. The maximum absolute atomic E-state index is 2.56. The molecule has 10 aromatic carbocycles. The summed E-state index contributed by atoms with van der Waals surface area (Å²) in [4.78, 5) is 2.56. The molecule has 0 radical (unpaired) electrons. The molecule has 310 valence electrons. The van der Waals surface area contributed by atoms with Gasteiger partial charge in [-0.15, -0.1) is 11.3 Å². The molecule has 0 aliphatic heterocycles. The number of benzene rings is 10. The van der Waals surface area contributed by atoms with Crippen LogP contribution in [0, 0.1) is 0 Å². The van der Waals surface area contributed by atoms with Crippen LogP contribution in [0.1, 0.15) is 44.5 Å². The van der Waals surface area contributed by atoms with E-state index >= 15 is 0 Å². The van der Waals surface area contributed by atoms with Crippen LogP contribution in [0.5, 0.6) is 0 Å². The Kier molecular flexibility index (Phi) is 8.91. The SMILES string of the molecule is c1ccc(C2(c3ccccc3)c3ccccc3-c3c(N(c4ccc(-c5ccc6sccc6c5)cc4)c4cccc5c4-c4ccccc4C5(c4ccccc4)c4ccccc4)cccc32)cc1. The summed E-state index contributed by atoms with van der Waals surface area (Å²) in [7, 11) is 0. The minimum Gasteiger partial charge on any atom is -0.309 e. The van der Waals surface area contributed by atoms with Gasteiger partial charge in [-0.1, -0.05) is 212 Å². The van der Waals surface area contributed by atoms with E-state index in [0.29, 0.717) is 0 Å². The zero-order valence-electron chi connectivity index (χ0n) is 36.2. The summed E-state index contributed by atoms with van der Waals surface area (Å²) in [5, 5.41) is 3.46. The van der Waals surface area contributed by atoms with E-state index in [2.05, 4.69) is 265 Å². The predicted molar refractivity (Wildman–Crippen MR) is 277 cm³/mol. The van der Waals surface area contributed by atoms with Gasteiger partial charge in [-0.25, -0.2) is 0 Å². The van der Waals surface area contributed by atoms with E-state index in [4.69, 9.17) is 0 Å². The highest BCUT2D eigenvalue weighted by atomic mass is 32.1. The second-order valence-electron chi connectivity index (χ2n) is 17.5. The van der Waals surface area contributed by atoms with Gasteiger partial charge in [0.05, 0.1) is 22.2 Å². The molecule has 0 fully saturated rings. The van der Waals surface area contributed by atoms with Crippen LogP contribution in [0.15, 0.2) is 260 Å². The predicted octanol–water partition coefficient (Wildman–Crippen LogP) is 16.8. The summed E-state index contributed by atoms with van der Waals surface area (Å²) in [6.45, 7) is 0. The average molecular weight is 858 g/mol. The fourth-order valence-electron chi connectivity index (χ4n) is 11.7. The Morgan fingerprint density at radius 1 is 0.318 bits per heavy atom. The van der Waals surface area contributed by atoms with Gasteiger partial charge in [0.2, 0.25) is 0 Å². The second kappa shape index (κ2) is 15.3. The number of fused-ring (bicyclic) bond motifs is 7. The van der Waals surface area contributed by atoms with Gasteiger partial charge in [0, 0.05) is 21.5 Å². The molecule has 0 amide bonds. The standard InChI is InChI=1S/C64H43NS/c1-5-19-47(20-6-1)63(48-21-7-2-8-22-48)54-29-15-13-27-52(54)61-56(63)31-17-33-58(61)65(51-38-35-44(36-39-51)45-37-40-60-46(43-45)41-42-66-60)59-34-18-32-57-62(59)53-28-14-16-30-55(53)64(57,49-23-9-3-10-24-49)50-25-11-4-12-26-50/h1-43H. The van der Waals surface area contributed by atoms with E-state index in [1.165, 1.54) is 88.0 Å². The zero-order valence-corrected chi connectivity index (χ0v) is 37.0.